The first-order valence-corrected chi connectivity index (χ1v) is 7.20. The summed E-state index contributed by atoms with van der Waals surface area (Å²) < 4.78 is 0. The molecule has 1 atom stereocenters. The molecule has 0 aromatic rings. The molecule has 2 rings (SSSR count). The van der Waals surface area contributed by atoms with Crippen molar-refractivity contribution in [2.75, 3.05) is 12.4 Å². The first-order chi connectivity index (χ1) is 7.81. The lowest BCUT2D eigenvalue weighted by Gasteiger charge is -2.37. The largest absolute Gasteiger partial charge is 0.340 e. The van der Waals surface area contributed by atoms with Crippen LogP contribution in [0.25, 0.3) is 0 Å². The minimum absolute atomic E-state index is 0.388. The SMILES string of the molecule is O=C(CC1CCC1)N1CCCCC1CCCl. The van der Waals surface area contributed by atoms with Gasteiger partial charge in [0.2, 0.25) is 5.91 Å². The average Bonchev–Trinajstić information content (AvgIpc) is 2.24. The van der Waals surface area contributed by atoms with E-state index in [1.807, 2.05) is 0 Å². The summed E-state index contributed by atoms with van der Waals surface area (Å²) in [5.41, 5.74) is 0. The predicted molar refractivity (Wildman–Crippen MR) is 66.6 cm³/mol. The molecule has 1 aliphatic heterocycles. The quantitative estimate of drug-likeness (QED) is 0.695. The zero-order valence-electron chi connectivity index (χ0n) is 9.96. The van der Waals surface area contributed by atoms with Gasteiger partial charge in [-0.3, -0.25) is 4.79 Å². The van der Waals surface area contributed by atoms with Crippen LogP contribution in [-0.4, -0.2) is 29.3 Å². The number of carbonyl (C=O) groups is 1. The van der Waals surface area contributed by atoms with Crippen molar-refractivity contribution in [2.45, 2.75) is 57.4 Å². The highest BCUT2D eigenvalue weighted by Crippen LogP contribution is 2.31. The molecule has 92 valence electrons. The summed E-state index contributed by atoms with van der Waals surface area (Å²) in [5, 5.41) is 0. The molecule has 1 saturated heterocycles. The van der Waals surface area contributed by atoms with Gasteiger partial charge in [-0.1, -0.05) is 6.42 Å². The number of piperidine rings is 1. The molecule has 1 heterocycles. The van der Waals surface area contributed by atoms with Crippen molar-refractivity contribution in [3.63, 3.8) is 0 Å². The van der Waals surface area contributed by atoms with E-state index in [1.165, 1.54) is 32.1 Å². The Hall–Kier alpha value is -0.240. The van der Waals surface area contributed by atoms with Gasteiger partial charge in [0.25, 0.3) is 0 Å². The molecule has 2 aliphatic rings. The van der Waals surface area contributed by atoms with E-state index in [2.05, 4.69) is 4.90 Å². The number of amides is 1. The molecule has 16 heavy (non-hydrogen) atoms. The van der Waals surface area contributed by atoms with E-state index in [-0.39, 0.29) is 0 Å². The first-order valence-electron chi connectivity index (χ1n) is 6.66. The van der Waals surface area contributed by atoms with Gasteiger partial charge in [-0.15, -0.1) is 11.6 Å². The smallest absolute Gasteiger partial charge is 0.223 e. The van der Waals surface area contributed by atoms with Crippen molar-refractivity contribution in [3.05, 3.63) is 0 Å². The molecule has 0 spiro atoms. The molecular formula is C13H22ClNO. The van der Waals surface area contributed by atoms with Gasteiger partial charge in [0, 0.05) is 24.9 Å². The van der Waals surface area contributed by atoms with E-state index in [0.717, 1.165) is 25.8 Å². The van der Waals surface area contributed by atoms with Crippen LogP contribution in [0.15, 0.2) is 0 Å². The van der Waals surface area contributed by atoms with Gasteiger partial charge in [-0.05, 0) is 44.4 Å². The number of likely N-dealkylation sites (tertiary alicyclic amines) is 1. The molecular weight excluding hydrogens is 222 g/mol. The minimum Gasteiger partial charge on any atom is -0.340 e. The van der Waals surface area contributed by atoms with Crippen LogP contribution >= 0.6 is 11.6 Å². The van der Waals surface area contributed by atoms with E-state index in [4.69, 9.17) is 11.6 Å². The summed E-state index contributed by atoms with van der Waals surface area (Å²) in [5.74, 6) is 1.75. The Labute approximate surface area is 103 Å². The van der Waals surface area contributed by atoms with Gasteiger partial charge in [0.15, 0.2) is 0 Å². The van der Waals surface area contributed by atoms with Crippen LogP contribution < -0.4 is 0 Å². The monoisotopic (exact) mass is 243 g/mol. The van der Waals surface area contributed by atoms with Gasteiger partial charge in [-0.25, -0.2) is 0 Å². The second kappa shape index (κ2) is 5.90. The topological polar surface area (TPSA) is 20.3 Å². The molecule has 0 radical (unpaired) electrons. The Morgan fingerprint density at radius 2 is 2.00 bits per heavy atom. The number of hydrogen-bond donors (Lipinski definition) is 0. The second-order valence-electron chi connectivity index (χ2n) is 5.22. The molecule has 0 bridgehead atoms. The van der Waals surface area contributed by atoms with Gasteiger partial charge >= 0.3 is 0 Å². The molecule has 1 saturated carbocycles. The van der Waals surface area contributed by atoms with Crippen LogP contribution in [0, 0.1) is 5.92 Å². The summed E-state index contributed by atoms with van der Waals surface area (Å²) in [6.07, 6.45) is 9.20. The lowest BCUT2D eigenvalue weighted by Crippen LogP contribution is -2.44. The summed E-state index contributed by atoms with van der Waals surface area (Å²) in [7, 11) is 0. The number of nitrogens with zero attached hydrogens (tertiary/aromatic N) is 1. The van der Waals surface area contributed by atoms with Crippen LogP contribution in [0.3, 0.4) is 0 Å². The molecule has 1 unspecified atom stereocenters. The number of rotatable bonds is 4. The Morgan fingerprint density at radius 1 is 1.19 bits per heavy atom. The van der Waals surface area contributed by atoms with Crippen molar-refractivity contribution >= 4 is 17.5 Å². The molecule has 1 amide bonds. The van der Waals surface area contributed by atoms with Crippen molar-refractivity contribution in [1.29, 1.82) is 0 Å². The molecule has 2 fully saturated rings. The fraction of sp³-hybridized carbons (Fsp3) is 0.923. The lowest BCUT2D eigenvalue weighted by molar-refractivity contribution is -0.136. The normalized spacial score (nSPS) is 26.6. The molecule has 2 nitrogen and oxygen atoms in total. The Morgan fingerprint density at radius 3 is 2.62 bits per heavy atom. The fourth-order valence-corrected chi connectivity index (χ4v) is 3.07. The summed E-state index contributed by atoms with van der Waals surface area (Å²) in [6.45, 7) is 0.965. The van der Waals surface area contributed by atoms with E-state index < -0.39 is 0 Å². The summed E-state index contributed by atoms with van der Waals surface area (Å²) in [6, 6.07) is 0.429. The highest BCUT2D eigenvalue weighted by Gasteiger charge is 2.29. The lowest BCUT2D eigenvalue weighted by atomic mass is 9.82. The third-order valence-corrected chi connectivity index (χ3v) is 4.30. The zero-order chi connectivity index (χ0) is 11.4. The second-order valence-corrected chi connectivity index (χ2v) is 5.59. The van der Waals surface area contributed by atoms with Crippen molar-refractivity contribution in [3.8, 4) is 0 Å². The highest BCUT2D eigenvalue weighted by molar-refractivity contribution is 6.17. The summed E-state index contributed by atoms with van der Waals surface area (Å²) in [4.78, 5) is 14.3. The maximum Gasteiger partial charge on any atom is 0.223 e. The van der Waals surface area contributed by atoms with Crippen molar-refractivity contribution in [1.82, 2.24) is 4.90 Å². The van der Waals surface area contributed by atoms with E-state index in [9.17, 15) is 4.79 Å². The Balaban J connectivity index is 1.85. The predicted octanol–water partition coefficient (Wildman–Crippen LogP) is 3.19. The maximum absolute atomic E-state index is 12.2. The van der Waals surface area contributed by atoms with E-state index >= 15 is 0 Å². The zero-order valence-corrected chi connectivity index (χ0v) is 10.7. The van der Waals surface area contributed by atoms with Crippen LogP contribution in [0.4, 0.5) is 0 Å². The van der Waals surface area contributed by atoms with Crippen LogP contribution in [0.2, 0.25) is 0 Å². The molecule has 3 heteroatoms. The van der Waals surface area contributed by atoms with Gasteiger partial charge < -0.3 is 4.90 Å². The number of carbonyl (C=O) groups excluding carboxylic acids is 1. The standard InChI is InChI=1S/C13H22ClNO/c14-8-7-12-6-1-2-9-15(12)13(16)10-11-4-3-5-11/h11-12H,1-10H2. The van der Waals surface area contributed by atoms with Crippen LogP contribution in [-0.2, 0) is 4.79 Å². The van der Waals surface area contributed by atoms with Crippen LogP contribution in [0.5, 0.6) is 0 Å². The van der Waals surface area contributed by atoms with Crippen molar-refractivity contribution < 1.29 is 4.79 Å². The molecule has 0 N–H and O–H groups in total. The van der Waals surface area contributed by atoms with E-state index in [1.54, 1.807) is 0 Å². The Bertz CT molecular complexity index is 238. The number of alkyl halides is 1. The van der Waals surface area contributed by atoms with Crippen LogP contribution in [0.1, 0.15) is 51.4 Å². The third-order valence-electron chi connectivity index (χ3n) is 4.08. The molecule has 1 aliphatic carbocycles. The molecule has 0 aromatic heterocycles. The fourth-order valence-electron chi connectivity index (χ4n) is 2.82. The third kappa shape index (κ3) is 2.91. The van der Waals surface area contributed by atoms with Gasteiger partial charge in [0.1, 0.15) is 0 Å². The minimum atomic E-state index is 0.388. The first kappa shape index (κ1) is 12.2. The molecule has 0 aromatic carbocycles. The Kier molecular flexibility index (Phi) is 4.51. The average molecular weight is 244 g/mol. The maximum atomic E-state index is 12.2. The highest BCUT2D eigenvalue weighted by atomic mass is 35.5. The number of halogens is 1. The van der Waals surface area contributed by atoms with Gasteiger partial charge in [-0.2, -0.15) is 0 Å². The van der Waals surface area contributed by atoms with Gasteiger partial charge in [0.05, 0.1) is 0 Å². The number of hydrogen-bond acceptors (Lipinski definition) is 1. The van der Waals surface area contributed by atoms with E-state index in [0.29, 0.717) is 23.7 Å². The van der Waals surface area contributed by atoms with Crippen molar-refractivity contribution in [2.24, 2.45) is 5.92 Å². The summed E-state index contributed by atoms with van der Waals surface area (Å²) >= 11 is 5.81.